The molecule has 2 heterocycles. The van der Waals surface area contributed by atoms with E-state index in [-0.39, 0.29) is 0 Å². The van der Waals surface area contributed by atoms with Crippen LogP contribution in [0.1, 0.15) is 22.4 Å². The van der Waals surface area contributed by atoms with Crippen LogP contribution in [0, 0.1) is 25.7 Å². The maximum absolute atomic E-state index is 5.77. The molecule has 0 unspecified atom stereocenters. The van der Waals surface area contributed by atoms with Crippen molar-refractivity contribution in [2.45, 2.75) is 13.8 Å². The number of nitrogens with zero attached hydrogens (tertiary/aromatic N) is 4. The first kappa shape index (κ1) is 21.2. The lowest BCUT2D eigenvalue weighted by Gasteiger charge is -2.09. The number of aromatic nitrogens is 2. The highest BCUT2D eigenvalue weighted by atomic mass is 15.1. The Bertz CT molecular complexity index is 1140. The van der Waals surface area contributed by atoms with Crippen molar-refractivity contribution >= 4 is 17.5 Å². The van der Waals surface area contributed by atoms with Gasteiger partial charge in [0.15, 0.2) is 5.65 Å². The van der Waals surface area contributed by atoms with Gasteiger partial charge >= 0.3 is 0 Å². The number of benzene rings is 1. The normalized spacial score (nSPS) is 11.8. The number of aliphatic imine (C=N–C) groups is 1. The van der Waals surface area contributed by atoms with Crippen LogP contribution in [-0.2, 0) is 0 Å². The molecule has 6 nitrogen and oxygen atoms in total. The summed E-state index contributed by atoms with van der Waals surface area (Å²) >= 11 is 0. The highest BCUT2D eigenvalue weighted by Crippen LogP contribution is 2.18. The third-order valence-corrected chi connectivity index (χ3v) is 4.62. The van der Waals surface area contributed by atoms with E-state index in [2.05, 4.69) is 64.1 Å². The molecule has 6 heteroatoms. The molecule has 1 aromatic carbocycles. The summed E-state index contributed by atoms with van der Waals surface area (Å²) in [6, 6.07) is 10.2. The van der Waals surface area contributed by atoms with Crippen LogP contribution in [0.3, 0.4) is 0 Å². The van der Waals surface area contributed by atoms with Crippen molar-refractivity contribution in [3.63, 3.8) is 0 Å². The van der Waals surface area contributed by atoms with Crippen molar-refractivity contribution in [1.82, 2.24) is 14.3 Å². The summed E-state index contributed by atoms with van der Waals surface area (Å²) in [4.78, 5) is 11.1. The number of hydrogen-bond acceptors (Lipinski definition) is 5. The van der Waals surface area contributed by atoms with E-state index in [9.17, 15) is 0 Å². The smallest absolute Gasteiger partial charge is 0.161 e. The van der Waals surface area contributed by atoms with Crippen LogP contribution < -0.4 is 11.1 Å². The molecule has 0 bridgehead atoms. The molecule has 0 fully saturated rings. The number of anilines is 1. The summed E-state index contributed by atoms with van der Waals surface area (Å²) in [5.74, 6) is 6.53. The zero-order chi connectivity index (χ0) is 21.5. The summed E-state index contributed by atoms with van der Waals surface area (Å²) in [6.45, 7) is 5.73. The largest absolute Gasteiger partial charge is 0.403 e. The SMILES string of the molecule is Cc1ccc(C)c(C#Cc2cnc3c(NC(C=NCCN(C)C)=CN)cccn23)c1. The van der Waals surface area contributed by atoms with Gasteiger partial charge in [-0.1, -0.05) is 18.1 Å². The minimum absolute atomic E-state index is 0.706. The summed E-state index contributed by atoms with van der Waals surface area (Å²) in [7, 11) is 4.04. The van der Waals surface area contributed by atoms with E-state index >= 15 is 0 Å². The van der Waals surface area contributed by atoms with E-state index < -0.39 is 0 Å². The van der Waals surface area contributed by atoms with Gasteiger partial charge in [-0.05, 0) is 63.2 Å². The maximum atomic E-state index is 5.77. The number of pyridine rings is 1. The average Bonchev–Trinajstić information content (AvgIpc) is 3.14. The zero-order valence-electron chi connectivity index (χ0n) is 18.0. The van der Waals surface area contributed by atoms with Gasteiger partial charge in [-0.25, -0.2) is 4.98 Å². The number of rotatable bonds is 6. The lowest BCUT2D eigenvalue weighted by atomic mass is 10.1. The van der Waals surface area contributed by atoms with Crippen LogP contribution in [0.5, 0.6) is 0 Å². The molecule has 3 N–H and O–H groups in total. The van der Waals surface area contributed by atoms with E-state index in [1.54, 1.807) is 12.4 Å². The molecule has 0 aliphatic heterocycles. The summed E-state index contributed by atoms with van der Waals surface area (Å²) in [5, 5.41) is 3.31. The first-order valence-electron chi connectivity index (χ1n) is 9.87. The Morgan fingerprint density at radius 2 is 2.10 bits per heavy atom. The second kappa shape index (κ2) is 9.77. The Morgan fingerprint density at radius 3 is 2.87 bits per heavy atom. The van der Waals surface area contributed by atoms with Crippen molar-refractivity contribution in [2.24, 2.45) is 10.7 Å². The van der Waals surface area contributed by atoms with Gasteiger partial charge in [0.25, 0.3) is 0 Å². The van der Waals surface area contributed by atoms with Gasteiger partial charge in [0.1, 0.15) is 5.69 Å². The van der Waals surface area contributed by atoms with Crippen molar-refractivity contribution < 1.29 is 0 Å². The van der Waals surface area contributed by atoms with Gasteiger partial charge in [0, 0.05) is 30.7 Å². The monoisotopic (exact) mass is 400 g/mol. The summed E-state index contributed by atoms with van der Waals surface area (Å²) < 4.78 is 1.97. The van der Waals surface area contributed by atoms with Crippen LogP contribution >= 0.6 is 0 Å². The topological polar surface area (TPSA) is 71.0 Å². The lowest BCUT2D eigenvalue weighted by molar-refractivity contribution is 0.421. The number of nitrogens with one attached hydrogen (secondary N) is 1. The Labute approximate surface area is 178 Å². The Morgan fingerprint density at radius 1 is 1.27 bits per heavy atom. The van der Waals surface area contributed by atoms with E-state index in [1.165, 1.54) is 11.8 Å². The Balaban J connectivity index is 1.84. The summed E-state index contributed by atoms with van der Waals surface area (Å²) in [6.07, 6.45) is 7.00. The van der Waals surface area contributed by atoms with E-state index in [1.807, 2.05) is 36.8 Å². The number of allylic oxidation sites excluding steroid dienone is 1. The molecule has 2 aromatic heterocycles. The molecule has 3 rings (SSSR count). The molecule has 0 aliphatic carbocycles. The first-order valence-corrected chi connectivity index (χ1v) is 9.87. The number of nitrogens with two attached hydrogens (primary N) is 1. The second-order valence-electron chi connectivity index (χ2n) is 7.41. The third kappa shape index (κ3) is 5.28. The molecule has 0 saturated heterocycles. The van der Waals surface area contributed by atoms with Crippen LogP contribution in [0.4, 0.5) is 5.69 Å². The van der Waals surface area contributed by atoms with E-state index in [4.69, 9.17) is 5.73 Å². The number of fused-ring (bicyclic) bond motifs is 1. The highest BCUT2D eigenvalue weighted by Gasteiger charge is 2.07. The van der Waals surface area contributed by atoms with Crippen LogP contribution in [-0.4, -0.2) is 47.7 Å². The van der Waals surface area contributed by atoms with Gasteiger partial charge in [-0.2, -0.15) is 0 Å². The van der Waals surface area contributed by atoms with Crippen molar-refractivity contribution in [2.75, 3.05) is 32.5 Å². The zero-order valence-corrected chi connectivity index (χ0v) is 18.0. The second-order valence-corrected chi connectivity index (χ2v) is 7.41. The van der Waals surface area contributed by atoms with E-state index in [0.29, 0.717) is 12.2 Å². The highest BCUT2D eigenvalue weighted by molar-refractivity contribution is 5.85. The van der Waals surface area contributed by atoms with Crippen LogP contribution in [0.25, 0.3) is 5.65 Å². The molecule has 0 amide bonds. The van der Waals surface area contributed by atoms with Crippen molar-refractivity contribution in [3.8, 4) is 11.8 Å². The maximum Gasteiger partial charge on any atom is 0.161 e. The number of hydrogen-bond donors (Lipinski definition) is 2. The molecule has 0 radical (unpaired) electrons. The van der Waals surface area contributed by atoms with Gasteiger partial charge in [-0.3, -0.25) is 9.39 Å². The first-order chi connectivity index (χ1) is 14.5. The van der Waals surface area contributed by atoms with E-state index in [0.717, 1.165) is 34.7 Å². The Kier molecular flexibility index (Phi) is 6.89. The predicted octanol–water partition coefficient (Wildman–Crippen LogP) is 3.20. The van der Waals surface area contributed by atoms with Gasteiger partial charge in [-0.15, -0.1) is 0 Å². The van der Waals surface area contributed by atoms with Gasteiger partial charge < -0.3 is 16.0 Å². The molecule has 30 heavy (non-hydrogen) atoms. The fraction of sp³-hybridized carbons (Fsp3) is 0.250. The number of likely N-dealkylation sites (N-methyl/N-ethyl adjacent to an activating group) is 1. The molecule has 0 spiro atoms. The van der Waals surface area contributed by atoms with Gasteiger partial charge in [0.2, 0.25) is 0 Å². The fourth-order valence-electron chi connectivity index (χ4n) is 2.90. The lowest BCUT2D eigenvalue weighted by Crippen LogP contribution is -2.15. The minimum atomic E-state index is 0.706. The van der Waals surface area contributed by atoms with Crippen molar-refractivity contribution in [3.05, 3.63) is 77.0 Å². The molecule has 0 aliphatic rings. The van der Waals surface area contributed by atoms with Crippen LogP contribution in [0.2, 0.25) is 0 Å². The fourth-order valence-corrected chi connectivity index (χ4v) is 2.90. The minimum Gasteiger partial charge on any atom is -0.403 e. The summed E-state index contributed by atoms with van der Waals surface area (Å²) in [5.41, 5.74) is 12.3. The molecular weight excluding hydrogens is 372 g/mol. The molecular formula is C24H28N6. The van der Waals surface area contributed by atoms with Gasteiger partial charge in [0.05, 0.1) is 24.1 Å². The standard InChI is InChI=1S/C24H28N6/c1-18-7-8-19(2)20(14-18)9-10-22-17-27-24-23(6-5-12-30(22)24)28-21(15-25)16-26-11-13-29(3)4/h5-8,12,14-17,28H,11,13,25H2,1-4H3. The van der Waals surface area contributed by atoms with Crippen molar-refractivity contribution in [1.29, 1.82) is 0 Å². The van der Waals surface area contributed by atoms with Crippen LogP contribution in [0.15, 0.2) is 59.6 Å². The Hall–Kier alpha value is -3.56. The molecule has 0 saturated carbocycles. The third-order valence-electron chi connectivity index (χ3n) is 4.62. The predicted molar refractivity (Wildman–Crippen MR) is 125 cm³/mol. The number of imidazole rings is 1. The molecule has 154 valence electrons. The molecule has 0 atom stereocenters. The number of aryl methyl sites for hydroxylation is 2. The quantitative estimate of drug-likeness (QED) is 0.492. The molecule has 3 aromatic rings. The average molecular weight is 401 g/mol.